The van der Waals surface area contributed by atoms with Gasteiger partial charge in [0.1, 0.15) is 0 Å². The molecule has 7 heteroatoms. The highest BCUT2D eigenvalue weighted by atomic mass is 32.1. The number of hydrogen-bond acceptors (Lipinski definition) is 3. The average molecular weight is 236 g/mol. The van der Waals surface area contributed by atoms with E-state index in [4.69, 9.17) is 23.1 Å². The second-order valence-corrected chi connectivity index (χ2v) is 3.57. The molecule has 0 aliphatic rings. The van der Waals surface area contributed by atoms with E-state index < -0.39 is 5.97 Å². The zero-order valence-corrected chi connectivity index (χ0v) is 8.84. The Kier molecular flexibility index (Phi) is 2.45. The molecule has 0 saturated heterocycles. The number of aromatic amines is 1. The van der Waals surface area contributed by atoms with Crippen molar-refractivity contribution in [3.05, 3.63) is 23.9 Å². The zero-order chi connectivity index (χ0) is 11.7. The van der Waals surface area contributed by atoms with E-state index in [1.807, 2.05) is 0 Å². The molecule has 82 valence electrons. The number of rotatable bonds is 2. The van der Waals surface area contributed by atoms with Crippen LogP contribution in [0.3, 0.4) is 0 Å². The summed E-state index contributed by atoms with van der Waals surface area (Å²) >= 11 is 4.69. The molecule has 0 saturated carbocycles. The topological polar surface area (TPSA) is 104 Å². The van der Waals surface area contributed by atoms with Gasteiger partial charge in [0.2, 0.25) is 0 Å². The molecule has 6 nitrogen and oxygen atoms in total. The van der Waals surface area contributed by atoms with Crippen LogP contribution in [-0.2, 0) is 0 Å². The van der Waals surface area contributed by atoms with Crippen LogP contribution >= 0.6 is 12.2 Å². The van der Waals surface area contributed by atoms with Crippen molar-refractivity contribution in [3.63, 3.8) is 0 Å². The highest BCUT2D eigenvalue weighted by Crippen LogP contribution is 2.20. The molecule has 2 aromatic rings. The number of H-pyrrole nitrogens is 1. The Bertz CT molecular complexity index is 578. The first-order chi connectivity index (χ1) is 7.58. The predicted octanol–water partition coefficient (Wildman–Crippen LogP) is 0.917. The molecule has 2 rings (SSSR count). The number of nitrogens with one attached hydrogen (secondary N) is 2. The number of nitrogens with two attached hydrogens (primary N) is 1. The highest BCUT2D eigenvalue weighted by Gasteiger charge is 2.12. The second-order valence-electron chi connectivity index (χ2n) is 3.13. The first kappa shape index (κ1) is 10.4. The molecule has 0 radical (unpaired) electrons. The minimum absolute atomic E-state index is 0.0263. The summed E-state index contributed by atoms with van der Waals surface area (Å²) < 4.78 is 0. The minimum atomic E-state index is -1.08. The van der Waals surface area contributed by atoms with Crippen LogP contribution in [0.1, 0.15) is 10.5 Å². The SMILES string of the molecule is NC(=S)Nc1ccc2[nH]nc(C(=O)O)c2c1. The lowest BCUT2D eigenvalue weighted by atomic mass is 10.2. The largest absolute Gasteiger partial charge is 0.476 e. The van der Waals surface area contributed by atoms with Gasteiger partial charge in [-0.3, -0.25) is 5.10 Å². The minimum Gasteiger partial charge on any atom is -0.476 e. The van der Waals surface area contributed by atoms with Gasteiger partial charge in [-0.25, -0.2) is 4.79 Å². The third-order valence-electron chi connectivity index (χ3n) is 2.03. The van der Waals surface area contributed by atoms with Gasteiger partial charge in [-0.05, 0) is 30.4 Å². The van der Waals surface area contributed by atoms with Crippen molar-refractivity contribution in [2.45, 2.75) is 0 Å². The average Bonchev–Trinajstić information content (AvgIpc) is 2.59. The Morgan fingerprint density at radius 2 is 2.31 bits per heavy atom. The van der Waals surface area contributed by atoms with Gasteiger partial charge < -0.3 is 16.2 Å². The maximum absolute atomic E-state index is 10.9. The number of hydrogen-bond donors (Lipinski definition) is 4. The van der Waals surface area contributed by atoms with Crippen molar-refractivity contribution >= 4 is 39.9 Å². The number of nitrogens with zero attached hydrogens (tertiary/aromatic N) is 1. The number of fused-ring (bicyclic) bond motifs is 1. The summed E-state index contributed by atoms with van der Waals surface area (Å²) in [7, 11) is 0. The summed E-state index contributed by atoms with van der Waals surface area (Å²) in [5, 5.41) is 18.6. The molecule has 0 atom stereocenters. The number of carboxylic acids is 1. The van der Waals surface area contributed by atoms with E-state index in [0.717, 1.165) is 0 Å². The van der Waals surface area contributed by atoms with Crippen molar-refractivity contribution in [1.29, 1.82) is 0 Å². The van der Waals surface area contributed by atoms with Crippen LogP contribution in [0.2, 0.25) is 0 Å². The Hall–Kier alpha value is -2.15. The first-order valence-electron chi connectivity index (χ1n) is 4.36. The van der Waals surface area contributed by atoms with Gasteiger partial charge in [0, 0.05) is 11.1 Å². The fourth-order valence-corrected chi connectivity index (χ4v) is 1.51. The van der Waals surface area contributed by atoms with Crippen molar-refractivity contribution in [3.8, 4) is 0 Å². The van der Waals surface area contributed by atoms with Gasteiger partial charge in [-0.1, -0.05) is 0 Å². The predicted molar refractivity (Wildman–Crippen MR) is 63.5 cm³/mol. The molecule has 5 N–H and O–H groups in total. The molecule has 1 heterocycles. The van der Waals surface area contributed by atoms with E-state index in [0.29, 0.717) is 16.6 Å². The number of thiocarbonyl (C=S) groups is 1. The Labute approximate surface area is 95.4 Å². The number of aromatic carboxylic acids is 1. The van der Waals surface area contributed by atoms with Crippen LogP contribution in [0.4, 0.5) is 5.69 Å². The van der Waals surface area contributed by atoms with Crippen LogP contribution in [-0.4, -0.2) is 26.4 Å². The lowest BCUT2D eigenvalue weighted by Crippen LogP contribution is -2.18. The monoisotopic (exact) mass is 236 g/mol. The molecule has 0 aliphatic heterocycles. The molecule has 0 amide bonds. The summed E-state index contributed by atoms with van der Waals surface area (Å²) in [6.45, 7) is 0. The summed E-state index contributed by atoms with van der Waals surface area (Å²) in [5.41, 5.74) is 6.57. The van der Waals surface area contributed by atoms with Gasteiger partial charge in [0.25, 0.3) is 0 Å². The van der Waals surface area contributed by atoms with Gasteiger partial charge >= 0.3 is 5.97 Å². The van der Waals surface area contributed by atoms with Gasteiger partial charge in [-0.15, -0.1) is 0 Å². The molecule has 0 fully saturated rings. The third kappa shape index (κ3) is 1.80. The molecule has 0 spiro atoms. The molecule has 0 unspecified atom stereocenters. The van der Waals surface area contributed by atoms with Gasteiger partial charge in [0.15, 0.2) is 10.8 Å². The number of benzene rings is 1. The summed E-state index contributed by atoms with van der Waals surface area (Å²) in [4.78, 5) is 10.9. The number of aromatic nitrogens is 2. The normalized spacial score (nSPS) is 10.2. The summed E-state index contributed by atoms with van der Waals surface area (Å²) in [5.74, 6) is -1.08. The number of carbonyl (C=O) groups is 1. The smallest absolute Gasteiger partial charge is 0.357 e. The van der Waals surface area contributed by atoms with Crippen molar-refractivity contribution in [1.82, 2.24) is 10.2 Å². The van der Waals surface area contributed by atoms with E-state index in [2.05, 4.69) is 15.5 Å². The maximum atomic E-state index is 10.9. The highest BCUT2D eigenvalue weighted by molar-refractivity contribution is 7.80. The Morgan fingerprint density at radius 3 is 2.94 bits per heavy atom. The molecule has 0 aliphatic carbocycles. The van der Waals surface area contributed by atoms with Crippen LogP contribution in [0, 0.1) is 0 Å². The maximum Gasteiger partial charge on any atom is 0.357 e. The standard InChI is InChI=1S/C9H8N4O2S/c10-9(16)11-4-1-2-6-5(3-4)7(8(14)15)13-12-6/h1-3H,(H,12,13)(H,14,15)(H3,10,11,16). The number of carboxylic acid groups (broad SMARTS) is 1. The van der Waals surface area contributed by atoms with E-state index in [1.54, 1.807) is 18.2 Å². The molecule has 16 heavy (non-hydrogen) atoms. The quantitative estimate of drug-likeness (QED) is 0.578. The number of anilines is 1. The first-order valence-corrected chi connectivity index (χ1v) is 4.76. The molecular weight excluding hydrogens is 228 g/mol. The second kappa shape index (κ2) is 3.78. The van der Waals surface area contributed by atoms with E-state index in [1.165, 1.54) is 0 Å². The van der Waals surface area contributed by atoms with Crippen LogP contribution in [0.15, 0.2) is 18.2 Å². The van der Waals surface area contributed by atoms with Gasteiger partial charge in [-0.2, -0.15) is 5.10 Å². The Morgan fingerprint density at radius 1 is 1.56 bits per heavy atom. The van der Waals surface area contributed by atoms with E-state index in [-0.39, 0.29) is 10.8 Å². The summed E-state index contributed by atoms with van der Waals surface area (Å²) in [6.07, 6.45) is 0. The fourth-order valence-electron chi connectivity index (χ4n) is 1.40. The molecule has 1 aromatic heterocycles. The van der Waals surface area contributed by atoms with Crippen LogP contribution in [0.25, 0.3) is 10.9 Å². The molecule has 0 bridgehead atoms. The molecular formula is C9H8N4O2S. The zero-order valence-electron chi connectivity index (χ0n) is 8.02. The van der Waals surface area contributed by atoms with Crippen LogP contribution in [0.5, 0.6) is 0 Å². The van der Waals surface area contributed by atoms with E-state index in [9.17, 15) is 4.79 Å². The Balaban J connectivity index is 2.54. The fraction of sp³-hybridized carbons (Fsp3) is 0. The van der Waals surface area contributed by atoms with Crippen molar-refractivity contribution in [2.24, 2.45) is 5.73 Å². The lowest BCUT2D eigenvalue weighted by molar-refractivity contribution is 0.0692. The van der Waals surface area contributed by atoms with Crippen molar-refractivity contribution in [2.75, 3.05) is 5.32 Å². The third-order valence-corrected chi connectivity index (χ3v) is 2.14. The van der Waals surface area contributed by atoms with Crippen molar-refractivity contribution < 1.29 is 9.90 Å². The lowest BCUT2D eigenvalue weighted by Gasteiger charge is -2.02. The molecule has 1 aromatic carbocycles. The summed E-state index contributed by atoms with van der Waals surface area (Å²) in [6, 6.07) is 5.06. The van der Waals surface area contributed by atoms with Crippen LogP contribution < -0.4 is 11.1 Å². The van der Waals surface area contributed by atoms with Gasteiger partial charge in [0.05, 0.1) is 5.52 Å². The van der Waals surface area contributed by atoms with E-state index >= 15 is 0 Å².